The molecule has 3 N–H and O–H groups in total. The zero-order valence-corrected chi connectivity index (χ0v) is 70.9. The van der Waals surface area contributed by atoms with Crippen molar-refractivity contribution in [3.63, 3.8) is 0 Å². The van der Waals surface area contributed by atoms with E-state index in [0.717, 1.165) is 122 Å². The second-order valence-electron chi connectivity index (χ2n) is 31.5. The molecule has 0 unspecified atom stereocenters. The zero-order chi connectivity index (χ0) is 82.4. The summed E-state index contributed by atoms with van der Waals surface area (Å²) in [5.41, 5.74) is 11.2. The standard InChI is InChI=1S/C93H111N9O12S3/c1-8-12-17-68-25-34-75(35-26-68)94-115(106,107)78-40-22-67(7)82(62-78)91(103)100-52-48-98(49-53-100)86-44-31-72(60-89(86)112-58-11-4)59-73-32-41-79(116(108,109)95-76-36-27-69(28-37-76)18-13-9-2)63-83(73)92(104)101-54-50-99(51-55-101)87-45-33-74(61-90(87)113-65-71-23-24-71)81-43-42-80(117(110,111)96-77-38-29-70(30-39-77)19-14-10-3)64-84(81)93(105)102-56-46-97(47-57-102)85-20-15-16-21-88(85)114-66(5)6/h15-16,20-22,25-45,60-64,66,71,94-96H,8-14,17-19,23-24,46-59,65H2,1-7H3. The highest BCUT2D eigenvalue weighted by Gasteiger charge is 2.34. The fourth-order valence-electron chi connectivity index (χ4n) is 15.3. The van der Waals surface area contributed by atoms with Gasteiger partial charge in [-0.05, 0) is 245 Å². The van der Waals surface area contributed by atoms with Crippen LogP contribution in [0.15, 0.2) is 203 Å². The van der Waals surface area contributed by atoms with Crippen LogP contribution in [0, 0.1) is 12.8 Å². The summed E-state index contributed by atoms with van der Waals surface area (Å²) in [6.45, 7) is 19.9. The van der Waals surface area contributed by atoms with Crippen LogP contribution in [0.5, 0.6) is 17.2 Å². The first-order valence-corrected chi connectivity index (χ1v) is 46.1. The van der Waals surface area contributed by atoms with Crippen LogP contribution in [-0.2, 0) is 55.8 Å². The summed E-state index contributed by atoms with van der Waals surface area (Å²) >= 11 is 0. The molecule has 9 aromatic rings. The molecule has 0 bridgehead atoms. The quantitative estimate of drug-likeness (QED) is 0.0335. The van der Waals surface area contributed by atoms with Gasteiger partial charge in [0.15, 0.2) is 0 Å². The number of para-hydroxylation sites is 2. The third-order valence-corrected chi connectivity index (χ3v) is 26.4. The molecule has 3 amide bonds. The van der Waals surface area contributed by atoms with Crippen LogP contribution in [0.1, 0.15) is 164 Å². The molecule has 4 fully saturated rings. The summed E-state index contributed by atoms with van der Waals surface area (Å²) in [5, 5.41) is 0. The monoisotopic (exact) mass is 1640 g/mol. The molecular formula is C93H111N9O12S3. The largest absolute Gasteiger partial charge is 0.491 e. The van der Waals surface area contributed by atoms with E-state index in [1.54, 1.807) is 88.4 Å². The maximum absolute atomic E-state index is 15.5. The van der Waals surface area contributed by atoms with Crippen LogP contribution in [0.4, 0.5) is 34.1 Å². The molecule has 4 aliphatic rings. The van der Waals surface area contributed by atoms with Crippen LogP contribution in [-0.4, -0.2) is 156 Å². The average molecular weight is 1640 g/mol. The highest BCUT2D eigenvalue weighted by atomic mass is 32.2. The second kappa shape index (κ2) is 38.2. The van der Waals surface area contributed by atoms with Crippen molar-refractivity contribution in [2.24, 2.45) is 5.92 Å². The van der Waals surface area contributed by atoms with Gasteiger partial charge in [-0.15, -0.1) is 0 Å². The Hall–Kier alpha value is -10.6. The maximum atomic E-state index is 15.5. The van der Waals surface area contributed by atoms with Crippen molar-refractivity contribution in [1.82, 2.24) is 14.7 Å². The first kappa shape index (κ1) is 84.4. The molecule has 21 nitrogen and oxygen atoms in total. The van der Waals surface area contributed by atoms with Gasteiger partial charge in [0, 0.05) is 112 Å². The third-order valence-electron chi connectivity index (χ3n) is 22.3. The second-order valence-corrected chi connectivity index (χ2v) is 36.5. The van der Waals surface area contributed by atoms with Crippen LogP contribution in [0.3, 0.4) is 0 Å². The van der Waals surface area contributed by atoms with Crippen molar-refractivity contribution in [3.05, 3.63) is 238 Å². The van der Waals surface area contributed by atoms with Crippen molar-refractivity contribution in [3.8, 4) is 28.4 Å². The number of piperazine rings is 3. The van der Waals surface area contributed by atoms with Gasteiger partial charge in [-0.25, -0.2) is 25.3 Å². The Labute approximate surface area is 691 Å². The van der Waals surface area contributed by atoms with Crippen molar-refractivity contribution in [2.75, 3.05) is 121 Å². The fourth-order valence-corrected chi connectivity index (χ4v) is 18.5. The van der Waals surface area contributed by atoms with Crippen molar-refractivity contribution in [1.29, 1.82) is 0 Å². The van der Waals surface area contributed by atoms with E-state index in [4.69, 9.17) is 14.2 Å². The summed E-state index contributed by atoms with van der Waals surface area (Å²) in [7, 11) is -12.4. The van der Waals surface area contributed by atoms with Crippen molar-refractivity contribution >= 4 is 81.9 Å². The molecule has 0 aromatic heterocycles. The number of hydrogen-bond donors (Lipinski definition) is 3. The molecule has 0 radical (unpaired) electrons. The SMILES string of the molecule is CCCCc1ccc(NS(=O)(=O)c2ccc(C)c(C(=O)N3CCN(c4ccc(Cc5ccc(S(=O)(=O)Nc6ccc(CCCC)cc6)cc5C(=O)N5CCN(c6ccc(-c7ccc(S(=O)(=O)Nc8ccc(CCCC)cc8)cc7C(=O)N7CCN(c8ccccc8OC(C)C)CC7)cc6OCC6CC6)CC5)cc4OCCC)CC3)c2)cc1. The highest BCUT2D eigenvalue weighted by molar-refractivity contribution is 7.93. The van der Waals surface area contributed by atoms with Gasteiger partial charge in [-0.3, -0.25) is 28.5 Å². The van der Waals surface area contributed by atoms with Crippen LogP contribution in [0.25, 0.3) is 11.1 Å². The molecule has 13 rings (SSSR count). The van der Waals surface area contributed by atoms with E-state index >= 15 is 9.59 Å². The summed E-state index contributed by atoms with van der Waals surface area (Å²) in [6.07, 6.45) is 11.9. The molecule has 3 saturated heterocycles. The number of ether oxygens (including phenoxy) is 3. The third kappa shape index (κ3) is 21.2. The van der Waals surface area contributed by atoms with Gasteiger partial charge in [0.25, 0.3) is 47.8 Å². The summed E-state index contributed by atoms with van der Waals surface area (Å²) < 4.78 is 113. The lowest BCUT2D eigenvalue weighted by molar-refractivity contribution is 0.0738. The van der Waals surface area contributed by atoms with Gasteiger partial charge in [-0.2, -0.15) is 0 Å². The highest BCUT2D eigenvalue weighted by Crippen LogP contribution is 2.41. The average Bonchev–Trinajstić information content (AvgIpc) is 1.21. The summed E-state index contributed by atoms with van der Waals surface area (Å²) in [4.78, 5) is 57.0. The van der Waals surface area contributed by atoms with Crippen molar-refractivity contribution in [2.45, 2.75) is 153 Å². The lowest BCUT2D eigenvalue weighted by Crippen LogP contribution is -2.49. The number of sulfonamides is 3. The smallest absolute Gasteiger partial charge is 0.261 e. The van der Waals surface area contributed by atoms with Gasteiger partial charge in [-0.1, -0.05) is 126 Å². The number of benzene rings is 9. The topological polar surface area (TPSA) is 237 Å². The number of carbonyl (C=O) groups excluding carboxylic acids is 3. The number of aryl methyl sites for hydroxylation is 4. The first-order chi connectivity index (χ1) is 56.5. The minimum Gasteiger partial charge on any atom is -0.491 e. The molecular weight excluding hydrogens is 1530 g/mol. The van der Waals surface area contributed by atoms with Crippen LogP contribution in [0.2, 0.25) is 0 Å². The summed E-state index contributed by atoms with van der Waals surface area (Å²) in [5.74, 6) is 1.45. The number of anilines is 6. The normalized spacial score (nSPS) is 14.8. The molecule has 3 aliphatic heterocycles. The van der Waals surface area contributed by atoms with Gasteiger partial charge in [0.1, 0.15) is 17.2 Å². The van der Waals surface area contributed by atoms with E-state index in [9.17, 15) is 30.0 Å². The molecule has 1 saturated carbocycles. The van der Waals surface area contributed by atoms with Gasteiger partial charge >= 0.3 is 0 Å². The van der Waals surface area contributed by atoms with E-state index < -0.39 is 30.1 Å². The Morgan fingerprint density at radius 3 is 1.29 bits per heavy atom. The molecule has 0 spiro atoms. The van der Waals surface area contributed by atoms with E-state index in [1.165, 1.54) is 24.3 Å². The number of unbranched alkanes of at least 4 members (excludes halogenated alkanes) is 3. The molecule has 1 aliphatic carbocycles. The van der Waals surface area contributed by atoms with E-state index in [0.29, 0.717) is 141 Å². The molecule has 24 heteroatoms. The molecule has 3 heterocycles. The Morgan fingerprint density at radius 2 is 0.821 bits per heavy atom. The lowest BCUT2D eigenvalue weighted by atomic mass is 9.97. The molecule has 618 valence electrons. The Bertz CT molecular complexity index is 5330. The molecule has 0 atom stereocenters. The zero-order valence-electron chi connectivity index (χ0n) is 68.5. The van der Waals surface area contributed by atoms with Crippen molar-refractivity contribution < 1.29 is 53.8 Å². The summed E-state index contributed by atoms with van der Waals surface area (Å²) in [6, 6.07) is 56.1. The predicted molar refractivity (Wildman–Crippen MR) is 467 cm³/mol. The molecule has 117 heavy (non-hydrogen) atoms. The number of hydrogen-bond acceptors (Lipinski definition) is 15. The van der Waals surface area contributed by atoms with Crippen LogP contribution < -0.4 is 43.1 Å². The Balaban J connectivity index is 0.746. The number of nitrogens with zero attached hydrogens (tertiary/aromatic N) is 6. The fraction of sp³-hybridized carbons (Fsp3) is 0.387. The molecule has 9 aromatic carbocycles. The maximum Gasteiger partial charge on any atom is 0.261 e. The van der Waals surface area contributed by atoms with E-state index in [-0.39, 0.29) is 69.1 Å². The van der Waals surface area contributed by atoms with Crippen LogP contribution >= 0.6 is 0 Å². The van der Waals surface area contributed by atoms with Gasteiger partial charge in [0.2, 0.25) is 0 Å². The van der Waals surface area contributed by atoms with E-state index in [2.05, 4.69) is 49.6 Å². The Morgan fingerprint density at radius 1 is 0.410 bits per heavy atom. The van der Waals surface area contributed by atoms with Gasteiger partial charge in [0.05, 0.1) is 51.1 Å². The first-order valence-electron chi connectivity index (χ1n) is 41.6. The number of carbonyl (C=O) groups is 3. The lowest BCUT2D eigenvalue weighted by Gasteiger charge is -2.37. The number of rotatable bonds is 35. The number of amides is 3. The minimum absolute atomic E-state index is 0.00359. The van der Waals surface area contributed by atoms with E-state index in [1.807, 2.05) is 118 Å². The predicted octanol–water partition coefficient (Wildman–Crippen LogP) is 16.9. The van der Waals surface area contributed by atoms with Gasteiger partial charge < -0.3 is 43.6 Å². The Kier molecular flexibility index (Phi) is 27.6. The minimum atomic E-state index is -4.21. The number of nitrogens with one attached hydrogen (secondary N) is 3.